The monoisotopic (exact) mass is 379 g/mol. The molecule has 27 heavy (non-hydrogen) atoms. The predicted octanol–water partition coefficient (Wildman–Crippen LogP) is 5.29. The Hall–Kier alpha value is -1.66. The summed E-state index contributed by atoms with van der Waals surface area (Å²) in [5.41, 5.74) is 1.61. The second-order valence-electron chi connectivity index (χ2n) is 8.19. The molecule has 2 heterocycles. The SMILES string of the molecule is CNCC(=Cc1ccc2sc3ccccc3c2c1)B1OC(C)(C)C(C)(C)O1. The summed E-state index contributed by atoms with van der Waals surface area (Å²) in [7, 11) is 1.62. The van der Waals surface area contributed by atoms with Gasteiger partial charge in [-0.05, 0) is 64.0 Å². The molecular weight excluding hydrogens is 353 g/mol. The Kier molecular flexibility index (Phi) is 4.67. The summed E-state index contributed by atoms with van der Waals surface area (Å²) < 4.78 is 15.2. The molecule has 3 nitrogen and oxygen atoms in total. The first-order valence-electron chi connectivity index (χ1n) is 9.43. The highest BCUT2D eigenvalue weighted by Crippen LogP contribution is 2.39. The van der Waals surface area contributed by atoms with Crippen molar-refractivity contribution in [1.29, 1.82) is 0 Å². The van der Waals surface area contributed by atoms with Crippen LogP contribution in [0, 0.1) is 0 Å². The van der Waals surface area contributed by atoms with Crippen LogP contribution >= 0.6 is 11.3 Å². The Balaban J connectivity index is 1.74. The molecule has 0 bridgehead atoms. The first-order chi connectivity index (χ1) is 12.8. The van der Waals surface area contributed by atoms with Crippen LogP contribution in [0.2, 0.25) is 0 Å². The molecule has 5 heteroatoms. The maximum Gasteiger partial charge on any atom is 0.491 e. The molecule has 1 aromatic heterocycles. The van der Waals surface area contributed by atoms with Gasteiger partial charge in [-0.2, -0.15) is 0 Å². The third kappa shape index (κ3) is 3.34. The van der Waals surface area contributed by atoms with Crippen LogP contribution < -0.4 is 5.32 Å². The molecule has 4 rings (SSSR count). The number of thiophene rings is 1. The molecule has 0 unspecified atom stereocenters. The van der Waals surface area contributed by atoms with Gasteiger partial charge in [0.2, 0.25) is 0 Å². The third-order valence-corrected chi connectivity index (χ3v) is 6.84. The van der Waals surface area contributed by atoms with E-state index in [1.54, 1.807) is 0 Å². The summed E-state index contributed by atoms with van der Waals surface area (Å²) in [5.74, 6) is 0. The van der Waals surface area contributed by atoms with E-state index in [-0.39, 0.29) is 18.3 Å². The van der Waals surface area contributed by atoms with Crippen molar-refractivity contribution >= 4 is 44.7 Å². The molecule has 2 aromatic carbocycles. The number of benzene rings is 2. The number of hydrogen-bond acceptors (Lipinski definition) is 4. The molecule has 0 aliphatic carbocycles. The summed E-state index contributed by atoms with van der Waals surface area (Å²) >= 11 is 1.84. The van der Waals surface area contributed by atoms with Crippen LogP contribution in [0.25, 0.3) is 26.2 Å². The Bertz CT molecular complexity index is 1010. The van der Waals surface area contributed by atoms with Gasteiger partial charge in [0.05, 0.1) is 11.2 Å². The van der Waals surface area contributed by atoms with E-state index >= 15 is 0 Å². The number of rotatable bonds is 4. The first-order valence-corrected chi connectivity index (χ1v) is 10.2. The van der Waals surface area contributed by atoms with Crippen LogP contribution in [-0.4, -0.2) is 31.9 Å². The minimum atomic E-state index is -0.336. The van der Waals surface area contributed by atoms with Gasteiger partial charge in [-0.1, -0.05) is 30.3 Å². The van der Waals surface area contributed by atoms with E-state index in [4.69, 9.17) is 9.31 Å². The lowest BCUT2D eigenvalue weighted by atomic mass is 9.77. The Morgan fingerprint density at radius 1 is 1.00 bits per heavy atom. The van der Waals surface area contributed by atoms with E-state index in [1.165, 1.54) is 25.7 Å². The van der Waals surface area contributed by atoms with Crippen molar-refractivity contribution in [3.05, 3.63) is 53.5 Å². The predicted molar refractivity (Wildman–Crippen MR) is 117 cm³/mol. The fraction of sp³-hybridized carbons (Fsp3) is 0.364. The first kappa shape index (κ1) is 18.7. The van der Waals surface area contributed by atoms with Crippen molar-refractivity contribution in [2.75, 3.05) is 13.6 Å². The Labute approximate surface area is 165 Å². The molecule has 3 aromatic rings. The molecule has 140 valence electrons. The maximum atomic E-state index is 6.27. The lowest BCUT2D eigenvalue weighted by Gasteiger charge is -2.32. The van der Waals surface area contributed by atoms with E-state index in [1.807, 2.05) is 18.4 Å². The van der Waals surface area contributed by atoms with Gasteiger partial charge in [0, 0.05) is 26.7 Å². The van der Waals surface area contributed by atoms with Gasteiger partial charge in [0.1, 0.15) is 0 Å². The normalized spacial score (nSPS) is 19.3. The molecule has 1 aliphatic rings. The fourth-order valence-corrected chi connectivity index (χ4v) is 4.53. The van der Waals surface area contributed by atoms with E-state index in [2.05, 4.69) is 81.6 Å². The Morgan fingerprint density at radius 3 is 2.37 bits per heavy atom. The molecule has 1 N–H and O–H groups in total. The smallest absolute Gasteiger partial charge is 0.400 e. The average molecular weight is 379 g/mol. The lowest BCUT2D eigenvalue weighted by Crippen LogP contribution is -2.41. The fourth-order valence-electron chi connectivity index (χ4n) is 3.45. The van der Waals surface area contributed by atoms with Gasteiger partial charge < -0.3 is 14.6 Å². The van der Waals surface area contributed by atoms with E-state index in [0.717, 1.165) is 12.0 Å². The molecule has 0 radical (unpaired) electrons. The molecule has 0 amide bonds. The second kappa shape index (κ2) is 6.75. The van der Waals surface area contributed by atoms with Crippen LogP contribution in [0.15, 0.2) is 47.9 Å². The van der Waals surface area contributed by atoms with E-state index < -0.39 is 0 Å². The van der Waals surface area contributed by atoms with Gasteiger partial charge in [-0.25, -0.2) is 0 Å². The van der Waals surface area contributed by atoms with Crippen molar-refractivity contribution in [2.24, 2.45) is 0 Å². The van der Waals surface area contributed by atoms with Crippen LogP contribution in [0.1, 0.15) is 33.3 Å². The van der Waals surface area contributed by atoms with Crippen molar-refractivity contribution in [1.82, 2.24) is 5.32 Å². The second-order valence-corrected chi connectivity index (χ2v) is 9.28. The minimum absolute atomic E-state index is 0.335. The summed E-state index contributed by atoms with van der Waals surface area (Å²) in [6.07, 6.45) is 2.20. The topological polar surface area (TPSA) is 30.5 Å². The zero-order valence-electron chi connectivity index (χ0n) is 16.6. The molecule has 0 saturated carbocycles. The zero-order chi connectivity index (χ0) is 19.2. The molecule has 1 fully saturated rings. The van der Waals surface area contributed by atoms with Crippen molar-refractivity contribution in [2.45, 2.75) is 38.9 Å². The molecule has 1 saturated heterocycles. The number of nitrogens with one attached hydrogen (secondary N) is 1. The van der Waals surface area contributed by atoms with Crippen LogP contribution in [0.4, 0.5) is 0 Å². The van der Waals surface area contributed by atoms with Gasteiger partial charge in [0.15, 0.2) is 0 Å². The Morgan fingerprint density at radius 2 is 1.67 bits per heavy atom. The number of hydrogen-bond donors (Lipinski definition) is 1. The van der Waals surface area contributed by atoms with Gasteiger partial charge in [-0.15, -0.1) is 11.3 Å². The molecule has 0 spiro atoms. The van der Waals surface area contributed by atoms with E-state index in [0.29, 0.717) is 0 Å². The van der Waals surface area contributed by atoms with E-state index in [9.17, 15) is 0 Å². The number of likely N-dealkylation sites (N-methyl/N-ethyl adjacent to an activating group) is 1. The van der Waals surface area contributed by atoms with Gasteiger partial charge in [-0.3, -0.25) is 0 Å². The van der Waals surface area contributed by atoms with Crippen molar-refractivity contribution in [3.8, 4) is 0 Å². The van der Waals surface area contributed by atoms with Crippen LogP contribution in [0.5, 0.6) is 0 Å². The maximum absolute atomic E-state index is 6.27. The lowest BCUT2D eigenvalue weighted by molar-refractivity contribution is 0.00578. The molecule has 0 atom stereocenters. The van der Waals surface area contributed by atoms with Crippen LogP contribution in [0.3, 0.4) is 0 Å². The zero-order valence-corrected chi connectivity index (χ0v) is 17.4. The van der Waals surface area contributed by atoms with Gasteiger partial charge >= 0.3 is 7.12 Å². The summed E-state index contributed by atoms with van der Waals surface area (Å²) in [6.45, 7) is 9.08. The van der Waals surface area contributed by atoms with Crippen LogP contribution in [-0.2, 0) is 9.31 Å². The van der Waals surface area contributed by atoms with Crippen molar-refractivity contribution in [3.63, 3.8) is 0 Å². The third-order valence-electron chi connectivity index (χ3n) is 5.69. The average Bonchev–Trinajstić information content (AvgIpc) is 3.08. The summed E-state index contributed by atoms with van der Waals surface area (Å²) in [5, 5.41) is 5.88. The largest absolute Gasteiger partial charge is 0.491 e. The summed E-state index contributed by atoms with van der Waals surface area (Å²) in [4.78, 5) is 0. The summed E-state index contributed by atoms with van der Waals surface area (Å²) in [6, 6.07) is 15.3. The minimum Gasteiger partial charge on any atom is -0.400 e. The van der Waals surface area contributed by atoms with Crippen molar-refractivity contribution < 1.29 is 9.31 Å². The standard InChI is InChI=1S/C22H26BNO2S/c1-21(2)22(3,4)26-23(25-21)16(14-24-5)12-15-10-11-20-18(13-15)17-8-6-7-9-19(17)27-20/h6-13,24H,14H2,1-5H3. The molecule has 1 aliphatic heterocycles. The highest BCUT2D eigenvalue weighted by Gasteiger charge is 2.52. The highest BCUT2D eigenvalue weighted by molar-refractivity contribution is 7.25. The number of fused-ring (bicyclic) bond motifs is 3. The highest BCUT2D eigenvalue weighted by atomic mass is 32.1. The quantitative estimate of drug-likeness (QED) is 0.625. The van der Waals surface area contributed by atoms with Gasteiger partial charge in [0.25, 0.3) is 0 Å². The molecular formula is C22H26BNO2S.